The molecule has 0 radical (unpaired) electrons. The average molecular weight is 391 g/mol. The van der Waals surface area contributed by atoms with E-state index in [1.54, 1.807) is 12.1 Å². The SMILES string of the molecule is Cc1ccc(N(CC(=O)N[C@@H](C)COc2ccccc2C)S(C)(=O)=O)cc1. The van der Waals surface area contributed by atoms with Crippen LogP contribution < -0.4 is 14.4 Å². The first-order chi connectivity index (χ1) is 12.7. The number of benzene rings is 2. The van der Waals surface area contributed by atoms with Gasteiger partial charge in [0.05, 0.1) is 18.0 Å². The third-order valence-electron chi connectivity index (χ3n) is 4.00. The molecule has 1 atom stereocenters. The molecule has 0 aromatic heterocycles. The molecule has 1 amide bonds. The number of ether oxygens (including phenoxy) is 1. The molecule has 7 heteroatoms. The zero-order chi connectivity index (χ0) is 20.0. The fraction of sp³-hybridized carbons (Fsp3) is 0.350. The van der Waals surface area contributed by atoms with Crippen LogP contribution in [0.4, 0.5) is 5.69 Å². The summed E-state index contributed by atoms with van der Waals surface area (Å²) in [6.07, 6.45) is 1.09. The van der Waals surface area contributed by atoms with Crippen molar-refractivity contribution >= 4 is 21.6 Å². The highest BCUT2D eigenvalue weighted by Crippen LogP contribution is 2.18. The van der Waals surface area contributed by atoms with Gasteiger partial charge in [0.15, 0.2) is 0 Å². The molecule has 0 aliphatic heterocycles. The summed E-state index contributed by atoms with van der Waals surface area (Å²) in [5.41, 5.74) is 2.49. The van der Waals surface area contributed by atoms with Crippen LogP contribution >= 0.6 is 0 Å². The number of hydrogen-bond acceptors (Lipinski definition) is 4. The molecule has 0 saturated heterocycles. The topological polar surface area (TPSA) is 75.7 Å². The number of nitrogens with one attached hydrogen (secondary N) is 1. The molecule has 2 rings (SSSR count). The quantitative estimate of drug-likeness (QED) is 0.752. The Morgan fingerprint density at radius 2 is 1.74 bits per heavy atom. The second-order valence-corrected chi connectivity index (χ2v) is 8.56. The van der Waals surface area contributed by atoms with Gasteiger partial charge in [-0.1, -0.05) is 35.9 Å². The Kier molecular flexibility index (Phi) is 6.85. The van der Waals surface area contributed by atoms with Crippen LogP contribution in [-0.4, -0.2) is 39.8 Å². The van der Waals surface area contributed by atoms with Gasteiger partial charge in [-0.3, -0.25) is 9.10 Å². The Morgan fingerprint density at radius 3 is 2.33 bits per heavy atom. The van der Waals surface area contributed by atoms with Gasteiger partial charge in [0, 0.05) is 0 Å². The van der Waals surface area contributed by atoms with Crippen LogP contribution in [0.2, 0.25) is 0 Å². The molecule has 0 aliphatic carbocycles. The molecule has 0 aliphatic rings. The fourth-order valence-electron chi connectivity index (χ4n) is 2.54. The maximum Gasteiger partial charge on any atom is 0.241 e. The standard InChI is InChI=1S/C20H26N2O4S/c1-15-9-11-18(12-10-15)22(27(4,24)25)13-20(23)21-17(3)14-26-19-8-6-5-7-16(19)2/h5-12,17H,13-14H2,1-4H3,(H,21,23)/t17-/m0/s1. The summed E-state index contributed by atoms with van der Waals surface area (Å²) in [5, 5.41) is 2.78. The van der Waals surface area contributed by atoms with Gasteiger partial charge in [0.1, 0.15) is 18.9 Å². The Labute approximate surface area is 161 Å². The zero-order valence-electron chi connectivity index (χ0n) is 16.1. The lowest BCUT2D eigenvalue weighted by Gasteiger charge is -2.23. The summed E-state index contributed by atoms with van der Waals surface area (Å²) in [5.74, 6) is 0.373. The maximum atomic E-state index is 12.4. The molecule has 0 bridgehead atoms. The van der Waals surface area contributed by atoms with E-state index in [0.29, 0.717) is 12.3 Å². The number of para-hydroxylation sites is 1. The van der Waals surface area contributed by atoms with Crippen molar-refractivity contribution in [2.75, 3.05) is 23.7 Å². The van der Waals surface area contributed by atoms with E-state index in [2.05, 4.69) is 5.32 Å². The summed E-state index contributed by atoms with van der Waals surface area (Å²) >= 11 is 0. The molecule has 0 fully saturated rings. The minimum absolute atomic E-state index is 0.267. The lowest BCUT2D eigenvalue weighted by Crippen LogP contribution is -2.44. The van der Waals surface area contributed by atoms with E-state index in [1.165, 1.54) is 0 Å². The highest BCUT2D eigenvalue weighted by atomic mass is 32.2. The Morgan fingerprint density at radius 1 is 1.11 bits per heavy atom. The monoisotopic (exact) mass is 390 g/mol. The van der Waals surface area contributed by atoms with Crippen molar-refractivity contribution in [1.82, 2.24) is 5.32 Å². The van der Waals surface area contributed by atoms with Crippen molar-refractivity contribution in [1.29, 1.82) is 0 Å². The van der Waals surface area contributed by atoms with Crippen molar-refractivity contribution in [3.8, 4) is 5.75 Å². The summed E-state index contributed by atoms with van der Waals surface area (Å²) in [4.78, 5) is 12.4. The van der Waals surface area contributed by atoms with E-state index in [0.717, 1.165) is 27.4 Å². The summed E-state index contributed by atoms with van der Waals surface area (Å²) in [6.45, 7) is 5.69. The third kappa shape index (κ3) is 6.29. The number of carbonyl (C=O) groups is 1. The third-order valence-corrected chi connectivity index (χ3v) is 5.14. The van der Waals surface area contributed by atoms with Crippen LogP contribution in [0.5, 0.6) is 5.75 Å². The second kappa shape index (κ2) is 8.90. The van der Waals surface area contributed by atoms with Crippen molar-refractivity contribution in [2.24, 2.45) is 0 Å². The van der Waals surface area contributed by atoms with Gasteiger partial charge in [-0.15, -0.1) is 0 Å². The average Bonchev–Trinajstić information content (AvgIpc) is 2.59. The normalized spacial score (nSPS) is 12.3. The number of aryl methyl sites for hydroxylation is 2. The van der Waals surface area contributed by atoms with Crippen LogP contribution in [0.15, 0.2) is 48.5 Å². The molecule has 1 N–H and O–H groups in total. The van der Waals surface area contributed by atoms with E-state index < -0.39 is 10.0 Å². The van der Waals surface area contributed by atoms with Gasteiger partial charge in [-0.25, -0.2) is 8.42 Å². The van der Waals surface area contributed by atoms with Crippen LogP contribution in [0.3, 0.4) is 0 Å². The van der Waals surface area contributed by atoms with Gasteiger partial charge >= 0.3 is 0 Å². The maximum absolute atomic E-state index is 12.4. The molecule has 0 unspecified atom stereocenters. The lowest BCUT2D eigenvalue weighted by molar-refractivity contribution is -0.120. The van der Waals surface area contributed by atoms with Crippen molar-refractivity contribution in [3.63, 3.8) is 0 Å². The zero-order valence-corrected chi connectivity index (χ0v) is 16.9. The van der Waals surface area contributed by atoms with Gasteiger partial charge in [-0.05, 0) is 44.5 Å². The smallest absolute Gasteiger partial charge is 0.241 e. The Bertz CT molecular complexity index is 879. The molecule has 0 spiro atoms. The van der Waals surface area contributed by atoms with Gasteiger partial charge in [0.2, 0.25) is 15.9 Å². The number of hydrogen-bond donors (Lipinski definition) is 1. The summed E-state index contributed by atoms with van der Waals surface area (Å²) in [7, 11) is -3.58. The van der Waals surface area contributed by atoms with E-state index in [9.17, 15) is 13.2 Å². The van der Waals surface area contributed by atoms with Crippen LogP contribution in [0.1, 0.15) is 18.1 Å². The van der Waals surface area contributed by atoms with E-state index >= 15 is 0 Å². The van der Waals surface area contributed by atoms with Crippen molar-refractivity contribution in [2.45, 2.75) is 26.8 Å². The predicted molar refractivity (Wildman–Crippen MR) is 108 cm³/mol. The number of nitrogens with zero attached hydrogens (tertiary/aromatic N) is 1. The fourth-order valence-corrected chi connectivity index (χ4v) is 3.39. The van der Waals surface area contributed by atoms with Gasteiger partial charge in [-0.2, -0.15) is 0 Å². The van der Waals surface area contributed by atoms with E-state index in [4.69, 9.17) is 4.74 Å². The molecule has 0 saturated carbocycles. The first kappa shape index (κ1) is 20.8. The van der Waals surface area contributed by atoms with Crippen molar-refractivity contribution < 1.29 is 17.9 Å². The van der Waals surface area contributed by atoms with E-state index in [-0.39, 0.29) is 18.5 Å². The molecule has 6 nitrogen and oxygen atoms in total. The number of anilines is 1. The predicted octanol–water partition coefficient (Wildman–Crippen LogP) is 2.65. The summed E-state index contributed by atoms with van der Waals surface area (Å²) in [6, 6.07) is 14.4. The van der Waals surface area contributed by atoms with Gasteiger partial charge in [0.25, 0.3) is 0 Å². The number of sulfonamides is 1. The highest BCUT2D eigenvalue weighted by molar-refractivity contribution is 7.92. The minimum atomic E-state index is -3.58. The summed E-state index contributed by atoms with van der Waals surface area (Å²) < 4.78 is 31.0. The van der Waals surface area contributed by atoms with Crippen LogP contribution in [-0.2, 0) is 14.8 Å². The minimum Gasteiger partial charge on any atom is -0.491 e. The lowest BCUT2D eigenvalue weighted by atomic mass is 10.2. The molecule has 0 heterocycles. The van der Waals surface area contributed by atoms with Crippen molar-refractivity contribution in [3.05, 3.63) is 59.7 Å². The van der Waals surface area contributed by atoms with Crippen LogP contribution in [0, 0.1) is 13.8 Å². The molecule has 2 aromatic rings. The molecular formula is C20H26N2O4S. The Balaban J connectivity index is 1.97. The van der Waals surface area contributed by atoms with E-state index in [1.807, 2.05) is 57.2 Å². The van der Waals surface area contributed by atoms with Crippen LogP contribution in [0.25, 0.3) is 0 Å². The first-order valence-electron chi connectivity index (χ1n) is 8.69. The molecular weight excluding hydrogens is 364 g/mol. The highest BCUT2D eigenvalue weighted by Gasteiger charge is 2.21. The number of carbonyl (C=O) groups excluding carboxylic acids is 1. The molecule has 27 heavy (non-hydrogen) atoms. The second-order valence-electron chi connectivity index (χ2n) is 6.65. The largest absolute Gasteiger partial charge is 0.491 e. The first-order valence-corrected chi connectivity index (χ1v) is 10.5. The number of rotatable bonds is 8. The number of amides is 1. The Hall–Kier alpha value is -2.54. The molecule has 146 valence electrons. The molecule has 2 aromatic carbocycles. The van der Waals surface area contributed by atoms with Gasteiger partial charge < -0.3 is 10.1 Å².